The summed E-state index contributed by atoms with van der Waals surface area (Å²) in [5.74, 6) is 0.0603. The maximum atomic E-state index is 12.5. The molecule has 0 N–H and O–H groups in total. The van der Waals surface area contributed by atoms with E-state index < -0.39 is 0 Å². The van der Waals surface area contributed by atoms with Gasteiger partial charge in [0, 0.05) is 56.5 Å². The normalized spacial score (nSPS) is 15.5. The molecule has 1 aliphatic rings. The minimum atomic E-state index is 0.0603. The third kappa shape index (κ3) is 3.20. The van der Waals surface area contributed by atoms with Crippen molar-refractivity contribution in [1.82, 2.24) is 14.9 Å². The van der Waals surface area contributed by atoms with Gasteiger partial charge in [0.2, 0.25) is 0 Å². The Morgan fingerprint density at radius 2 is 1.77 bits per heavy atom. The summed E-state index contributed by atoms with van der Waals surface area (Å²) in [4.78, 5) is 24.6. The Kier molecular flexibility index (Phi) is 4.53. The van der Waals surface area contributed by atoms with Crippen LogP contribution in [0.3, 0.4) is 0 Å². The average Bonchev–Trinajstić information content (AvgIpc) is 2.81. The van der Waals surface area contributed by atoms with Gasteiger partial charge in [-0.2, -0.15) is 0 Å². The van der Waals surface area contributed by atoms with E-state index in [1.54, 1.807) is 36.9 Å². The van der Waals surface area contributed by atoms with Gasteiger partial charge in [0.15, 0.2) is 0 Å². The van der Waals surface area contributed by atoms with Gasteiger partial charge in [-0.1, -0.05) is 11.6 Å². The van der Waals surface area contributed by atoms with Gasteiger partial charge in [-0.05, 0) is 24.6 Å². The molecule has 2 aromatic rings. The van der Waals surface area contributed by atoms with Gasteiger partial charge in [0.25, 0.3) is 5.91 Å². The standard InChI is InChI=1S/C16H17ClN4O/c17-14-12-19-7-4-15(14)20-8-1-9-21(11-10-20)16(22)13-2-5-18-6-3-13/h2-7,12H,1,8-11H2. The second-order valence-corrected chi connectivity index (χ2v) is 5.60. The molecule has 1 saturated heterocycles. The van der Waals surface area contributed by atoms with Crippen LogP contribution < -0.4 is 4.90 Å². The molecular formula is C16H17ClN4O. The monoisotopic (exact) mass is 316 g/mol. The Balaban J connectivity index is 1.70. The van der Waals surface area contributed by atoms with Crippen LogP contribution in [-0.2, 0) is 0 Å². The third-order valence-electron chi connectivity index (χ3n) is 3.80. The number of hydrogen-bond donors (Lipinski definition) is 0. The lowest BCUT2D eigenvalue weighted by Gasteiger charge is -2.24. The highest BCUT2D eigenvalue weighted by Gasteiger charge is 2.21. The van der Waals surface area contributed by atoms with Crippen LogP contribution in [-0.4, -0.2) is 47.0 Å². The van der Waals surface area contributed by atoms with Crippen LogP contribution in [0.1, 0.15) is 16.8 Å². The van der Waals surface area contributed by atoms with Crippen molar-refractivity contribution < 1.29 is 4.79 Å². The third-order valence-corrected chi connectivity index (χ3v) is 4.09. The van der Waals surface area contributed by atoms with Gasteiger partial charge in [-0.25, -0.2) is 0 Å². The molecule has 0 spiro atoms. The zero-order valence-corrected chi connectivity index (χ0v) is 12.9. The number of carbonyl (C=O) groups is 1. The second-order valence-electron chi connectivity index (χ2n) is 5.20. The van der Waals surface area contributed by atoms with E-state index in [9.17, 15) is 4.79 Å². The van der Waals surface area contributed by atoms with E-state index in [2.05, 4.69) is 14.9 Å². The lowest BCUT2D eigenvalue weighted by atomic mass is 10.2. The summed E-state index contributed by atoms with van der Waals surface area (Å²) in [6.45, 7) is 3.07. The van der Waals surface area contributed by atoms with Crippen LogP contribution in [0, 0.1) is 0 Å². The average molecular weight is 317 g/mol. The SMILES string of the molecule is O=C(c1ccncc1)N1CCCN(c2ccncc2Cl)CC1. The minimum absolute atomic E-state index is 0.0603. The molecule has 1 aliphatic heterocycles. The number of aromatic nitrogens is 2. The smallest absolute Gasteiger partial charge is 0.254 e. The maximum Gasteiger partial charge on any atom is 0.254 e. The van der Waals surface area contributed by atoms with Crippen molar-refractivity contribution in [3.8, 4) is 0 Å². The van der Waals surface area contributed by atoms with Crippen LogP contribution in [0.4, 0.5) is 5.69 Å². The molecular weight excluding hydrogens is 300 g/mol. The van der Waals surface area contributed by atoms with E-state index >= 15 is 0 Å². The van der Waals surface area contributed by atoms with Gasteiger partial charge < -0.3 is 9.80 Å². The van der Waals surface area contributed by atoms with E-state index in [1.807, 2.05) is 11.0 Å². The number of halogens is 1. The van der Waals surface area contributed by atoms with Gasteiger partial charge in [-0.15, -0.1) is 0 Å². The van der Waals surface area contributed by atoms with E-state index in [0.29, 0.717) is 17.1 Å². The number of nitrogens with zero attached hydrogens (tertiary/aromatic N) is 4. The van der Waals surface area contributed by atoms with Crippen molar-refractivity contribution in [2.75, 3.05) is 31.1 Å². The van der Waals surface area contributed by atoms with Crippen molar-refractivity contribution in [1.29, 1.82) is 0 Å². The Morgan fingerprint density at radius 3 is 2.55 bits per heavy atom. The van der Waals surface area contributed by atoms with Crippen molar-refractivity contribution in [3.63, 3.8) is 0 Å². The van der Waals surface area contributed by atoms with Crippen LogP contribution in [0.2, 0.25) is 5.02 Å². The molecule has 3 heterocycles. The summed E-state index contributed by atoms with van der Waals surface area (Å²) in [6.07, 6.45) is 7.60. The summed E-state index contributed by atoms with van der Waals surface area (Å²) in [7, 11) is 0. The van der Waals surface area contributed by atoms with E-state index in [4.69, 9.17) is 11.6 Å². The fraction of sp³-hybridized carbons (Fsp3) is 0.312. The first-order valence-electron chi connectivity index (χ1n) is 7.29. The molecule has 2 aromatic heterocycles. The minimum Gasteiger partial charge on any atom is -0.368 e. The van der Waals surface area contributed by atoms with Crippen LogP contribution in [0.25, 0.3) is 0 Å². The van der Waals surface area contributed by atoms with E-state index in [1.165, 1.54) is 0 Å². The molecule has 22 heavy (non-hydrogen) atoms. The molecule has 114 valence electrons. The summed E-state index contributed by atoms with van der Waals surface area (Å²) >= 11 is 6.21. The fourth-order valence-corrected chi connectivity index (χ4v) is 2.90. The lowest BCUT2D eigenvalue weighted by Crippen LogP contribution is -2.35. The number of rotatable bonds is 2. The first-order chi connectivity index (χ1) is 10.8. The fourth-order valence-electron chi connectivity index (χ4n) is 2.66. The largest absolute Gasteiger partial charge is 0.368 e. The van der Waals surface area contributed by atoms with Gasteiger partial charge in [0.1, 0.15) is 0 Å². The number of anilines is 1. The number of pyridine rings is 2. The summed E-state index contributed by atoms with van der Waals surface area (Å²) in [5, 5.41) is 0.649. The molecule has 0 saturated carbocycles. The molecule has 0 atom stereocenters. The van der Waals surface area contributed by atoms with Gasteiger partial charge in [-0.3, -0.25) is 14.8 Å². The van der Waals surface area contributed by atoms with Gasteiger partial charge in [0.05, 0.1) is 10.7 Å². The first kappa shape index (κ1) is 14.8. The van der Waals surface area contributed by atoms with Crippen molar-refractivity contribution in [2.24, 2.45) is 0 Å². The second kappa shape index (κ2) is 6.75. The lowest BCUT2D eigenvalue weighted by molar-refractivity contribution is 0.0767. The van der Waals surface area contributed by atoms with E-state index in [-0.39, 0.29) is 5.91 Å². The topological polar surface area (TPSA) is 49.3 Å². The first-order valence-corrected chi connectivity index (χ1v) is 7.67. The highest BCUT2D eigenvalue weighted by molar-refractivity contribution is 6.33. The molecule has 0 bridgehead atoms. The zero-order chi connectivity index (χ0) is 15.4. The molecule has 0 unspecified atom stereocenters. The number of carbonyl (C=O) groups excluding carboxylic acids is 1. The number of amides is 1. The van der Waals surface area contributed by atoms with Gasteiger partial charge >= 0.3 is 0 Å². The molecule has 1 fully saturated rings. The van der Waals surface area contributed by atoms with Crippen molar-refractivity contribution >= 4 is 23.2 Å². The van der Waals surface area contributed by atoms with Crippen molar-refractivity contribution in [2.45, 2.75) is 6.42 Å². The molecule has 3 rings (SSSR count). The summed E-state index contributed by atoms with van der Waals surface area (Å²) < 4.78 is 0. The highest BCUT2D eigenvalue weighted by atomic mass is 35.5. The highest BCUT2D eigenvalue weighted by Crippen LogP contribution is 2.25. The van der Waals surface area contributed by atoms with Crippen LogP contribution in [0.5, 0.6) is 0 Å². The zero-order valence-electron chi connectivity index (χ0n) is 12.2. The predicted molar refractivity (Wildman–Crippen MR) is 86.2 cm³/mol. The molecule has 5 nitrogen and oxygen atoms in total. The Labute approximate surface area is 134 Å². The predicted octanol–water partition coefficient (Wildman–Crippen LogP) is 2.48. The molecule has 1 amide bonds. The maximum absolute atomic E-state index is 12.5. The Hall–Kier alpha value is -2.14. The molecule has 0 aromatic carbocycles. The summed E-state index contributed by atoms with van der Waals surface area (Å²) in [5.41, 5.74) is 1.67. The Morgan fingerprint density at radius 1 is 1.00 bits per heavy atom. The summed E-state index contributed by atoms with van der Waals surface area (Å²) in [6, 6.07) is 5.43. The Bertz CT molecular complexity index is 650. The number of hydrogen-bond acceptors (Lipinski definition) is 4. The molecule has 0 radical (unpaired) electrons. The molecule has 0 aliphatic carbocycles. The quantitative estimate of drug-likeness (QED) is 0.854. The van der Waals surface area contributed by atoms with E-state index in [0.717, 1.165) is 31.7 Å². The van der Waals surface area contributed by atoms with Crippen LogP contribution in [0.15, 0.2) is 43.0 Å². The van der Waals surface area contributed by atoms with Crippen molar-refractivity contribution in [3.05, 3.63) is 53.6 Å². The van der Waals surface area contributed by atoms with Crippen LogP contribution >= 0.6 is 11.6 Å². The molecule has 6 heteroatoms.